The summed E-state index contributed by atoms with van der Waals surface area (Å²) in [6, 6.07) is 6.50. The molecule has 4 heterocycles. The second kappa shape index (κ2) is 7.73. The van der Waals surface area contributed by atoms with Crippen molar-refractivity contribution in [3.63, 3.8) is 0 Å². The van der Waals surface area contributed by atoms with Crippen LogP contribution >= 0.6 is 0 Å². The van der Waals surface area contributed by atoms with Crippen LogP contribution in [0.1, 0.15) is 41.5 Å². The first-order chi connectivity index (χ1) is 14.9. The summed E-state index contributed by atoms with van der Waals surface area (Å²) in [5, 5.41) is 3.32. The molecule has 2 aliphatic rings. The van der Waals surface area contributed by atoms with Crippen molar-refractivity contribution >= 4 is 11.4 Å². The zero-order valence-electron chi connectivity index (χ0n) is 18.1. The lowest BCUT2D eigenvalue weighted by Crippen LogP contribution is -2.52. The van der Waals surface area contributed by atoms with Gasteiger partial charge in [0.2, 0.25) is 0 Å². The van der Waals surface area contributed by atoms with Crippen LogP contribution in [0, 0.1) is 12.7 Å². The zero-order valence-corrected chi connectivity index (χ0v) is 18.1. The van der Waals surface area contributed by atoms with Crippen LogP contribution in [0.3, 0.4) is 0 Å². The van der Waals surface area contributed by atoms with E-state index in [0.29, 0.717) is 24.7 Å². The number of carbonyl (C=O) groups excluding carboxylic acids is 1. The van der Waals surface area contributed by atoms with E-state index in [1.807, 2.05) is 31.9 Å². The fraction of sp³-hybridized carbons (Fsp3) is 0.417. The first-order valence-electron chi connectivity index (χ1n) is 10.8. The van der Waals surface area contributed by atoms with Crippen molar-refractivity contribution in [2.45, 2.75) is 38.8 Å². The summed E-state index contributed by atoms with van der Waals surface area (Å²) in [5.41, 5.74) is 4.12. The number of hydrogen-bond acceptors (Lipinski definition) is 4. The average Bonchev–Trinajstić information content (AvgIpc) is 3.07. The van der Waals surface area contributed by atoms with Gasteiger partial charge in [-0.1, -0.05) is 6.07 Å². The van der Waals surface area contributed by atoms with E-state index < -0.39 is 5.82 Å². The molecule has 2 atom stereocenters. The van der Waals surface area contributed by atoms with Gasteiger partial charge in [0.05, 0.1) is 42.6 Å². The number of nitrogens with zero attached hydrogens (tertiary/aromatic N) is 3. The number of amides is 1. The molecule has 1 amide bonds. The van der Waals surface area contributed by atoms with Gasteiger partial charge in [0, 0.05) is 30.8 Å². The minimum atomic E-state index is -0.416. The van der Waals surface area contributed by atoms with Gasteiger partial charge < -0.3 is 19.4 Å². The number of aromatic nitrogens is 2. The number of fused-ring (bicyclic) bond motifs is 1. The van der Waals surface area contributed by atoms with Crippen molar-refractivity contribution in [3.8, 4) is 11.1 Å². The molecule has 0 radical (unpaired) electrons. The molecule has 7 heteroatoms. The number of imidazole rings is 1. The molecule has 6 nitrogen and oxygen atoms in total. The second-order valence-corrected chi connectivity index (χ2v) is 8.74. The fourth-order valence-electron chi connectivity index (χ4n) is 4.68. The number of rotatable bonds is 3. The Hall–Kier alpha value is -2.77. The Morgan fingerprint density at radius 1 is 1.16 bits per heavy atom. The normalized spacial score (nSPS) is 22.0. The van der Waals surface area contributed by atoms with Gasteiger partial charge in [0.25, 0.3) is 5.91 Å². The predicted molar refractivity (Wildman–Crippen MR) is 117 cm³/mol. The third-order valence-electron chi connectivity index (χ3n) is 6.50. The number of ether oxygens (including phenoxy) is 1. The molecular weight excluding hydrogens is 395 g/mol. The third kappa shape index (κ3) is 3.42. The van der Waals surface area contributed by atoms with Crippen LogP contribution in [0.5, 0.6) is 0 Å². The number of carbonyl (C=O) groups is 1. The molecule has 0 unspecified atom stereocenters. The number of morpholine rings is 1. The van der Waals surface area contributed by atoms with E-state index in [2.05, 4.69) is 27.0 Å². The molecule has 5 rings (SSSR count). The van der Waals surface area contributed by atoms with Crippen molar-refractivity contribution in [3.05, 3.63) is 59.4 Å². The van der Waals surface area contributed by atoms with E-state index in [1.165, 1.54) is 17.7 Å². The van der Waals surface area contributed by atoms with Crippen LogP contribution in [0.4, 0.5) is 4.39 Å². The van der Waals surface area contributed by atoms with Gasteiger partial charge in [-0.05, 0) is 50.1 Å². The molecule has 0 aliphatic carbocycles. The number of benzene rings is 1. The molecule has 162 valence electrons. The van der Waals surface area contributed by atoms with E-state index in [-0.39, 0.29) is 18.0 Å². The Morgan fingerprint density at radius 2 is 1.90 bits per heavy atom. The number of aryl methyl sites for hydroxylation is 1. The lowest BCUT2D eigenvalue weighted by Gasteiger charge is -2.39. The number of pyridine rings is 1. The molecule has 2 aromatic heterocycles. The summed E-state index contributed by atoms with van der Waals surface area (Å²) >= 11 is 0. The number of hydrogen-bond donors (Lipinski definition) is 1. The van der Waals surface area contributed by atoms with Gasteiger partial charge >= 0.3 is 0 Å². The quantitative estimate of drug-likeness (QED) is 0.703. The molecule has 1 aromatic carbocycles. The van der Waals surface area contributed by atoms with Gasteiger partial charge in [0.1, 0.15) is 11.6 Å². The molecule has 31 heavy (non-hydrogen) atoms. The Balaban J connectivity index is 1.68. The summed E-state index contributed by atoms with van der Waals surface area (Å²) in [4.78, 5) is 20.0. The molecule has 0 bridgehead atoms. The van der Waals surface area contributed by atoms with Gasteiger partial charge in [-0.2, -0.15) is 0 Å². The van der Waals surface area contributed by atoms with Gasteiger partial charge in [0.15, 0.2) is 0 Å². The molecule has 2 aliphatic heterocycles. The largest absolute Gasteiger partial charge is 0.377 e. The molecule has 0 saturated carbocycles. The standard InChI is InChI=1S/C24H27FN4O2/c1-14-12-31-13-15(2)29(14)24(30)22-7-19(25)4-5-20(22)21-6-17(18-8-26-9-18)11-28-16(3)27-10-23(21)28/h4-7,10-11,14-15,18,26H,8-9,12-13H2,1-3H3/t14-,15-/m1/s1. The van der Waals surface area contributed by atoms with Crippen molar-refractivity contribution in [1.82, 2.24) is 19.6 Å². The fourth-order valence-corrected chi connectivity index (χ4v) is 4.68. The summed E-state index contributed by atoms with van der Waals surface area (Å²) in [6.07, 6.45) is 3.95. The average molecular weight is 423 g/mol. The number of halogens is 1. The highest BCUT2D eigenvalue weighted by atomic mass is 19.1. The van der Waals surface area contributed by atoms with Crippen LogP contribution in [0.15, 0.2) is 36.7 Å². The van der Waals surface area contributed by atoms with Crippen LogP contribution < -0.4 is 5.32 Å². The van der Waals surface area contributed by atoms with Gasteiger partial charge in [-0.3, -0.25) is 4.79 Å². The molecule has 2 fully saturated rings. The highest BCUT2D eigenvalue weighted by Gasteiger charge is 2.32. The highest BCUT2D eigenvalue weighted by molar-refractivity contribution is 6.03. The Morgan fingerprint density at radius 3 is 2.58 bits per heavy atom. The maximum Gasteiger partial charge on any atom is 0.255 e. The molecule has 3 aromatic rings. The van der Waals surface area contributed by atoms with Crippen molar-refractivity contribution in [2.75, 3.05) is 26.3 Å². The van der Waals surface area contributed by atoms with E-state index in [1.54, 1.807) is 6.07 Å². The summed E-state index contributed by atoms with van der Waals surface area (Å²) in [6.45, 7) is 8.72. The topological polar surface area (TPSA) is 58.9 Å². The van der Waals surface area contributed by atoms with Crippen molar-refractivity contribution < 1.29 is 13.9 Å². The van der Waals surface area contributed by atoms with Crippen LogP contribution in [0.25, 0.3) is 16.6 Å². The molecular formula is C24H27FN4O2. The van der Waals surface area contributed by atoms with Crippen LogP contribution in [-0.2, 0) is 4.74 Å². The minimum Gasteiger partial charge on any atom is -0.377 e. The maximum absolute atomic E-state index is 14.4. The monoisotopic (exact) mass is 422 g/mol. The van der Waals surface area contributed by atoms with E-state index in [9.17, 15) is 9.18 Å². The Kier molecular flexibility index (Phi) is 5.02. The van der Waals surface area contributed by atoms with E-state index in [0.717, 1.165) is 35.6 Å². The lowest BCUT2D eigenvalue weighted by molar-refractivity contribution is -0.0249. The maximum atomic E-state index is 14.4. The zero-order chi connectivity index (χ0) is 21.7. The number of nitrogens with one attached hydrogen (secondary N) is 1. The first-order valence-corrected chi connectivity index (χ1v) is 10.8. The second-order valence-electron chi connectivity index (χ2n) is 8.74. The Labute approximate surface area is 181 Å². The smallest absolute Gasteiger partial charge is 0.255 e. The predicted octanol–water partition coefficient (Wildman–Crippen LogP) is 3.39. The summed E-state index contributed by atoms with van der Waals surface area (Å²) in [7, 11) is 0. The van der Waals surface area contributed by atoms with Gasteiger partial charge in [-0.25, -0.2) is 9.37 Å². The summed E-state index contributed by atoms with van der Waals surface area (Å²) in [5.74, 6) is 0.725. The van der Waals surface area contributed by atoms with E-state index >= 15 is 0 Å². The van der Waals surface area contributed by atoms with Crippen LogP contribution in [-0.4, -0.2) is 58.6 Å². The third-order valence-corrected chi connectivity index (χ3v) is 6.50. The summed E-state index contributed by atoms with van der Waals surface area (Å²) < 4.78 is 22.0. The van der Waals surface area contributed by atoms with E-state index in [4.69, 9.17) is 4.74 Å². The Bertz CT molecular complexity index is 1140. The first kappa shape index (κ1) is 20.2. The van der Waals surface area contributed by atoms with Gasteiger partial charge in [-0.15, -0.1) is 0 Å². The highest BCUT2D eigenvalue weighted by Crippen LogP contribution is 2.34. The molecule has 0 spiro atoms. The molecule has 2 saturated heterocycles. The van der Waals surface area contributed by atoms with Crippen molar-refractivity contribution in [2.24, 2.45) is 0 Å². The SMILES string of the molecule is Cc1ncc2c(-c3ccc(F)cc3C(=O)N3[C@H](C)COC[C@H]3C)cc(C3CNC3)cn12. The lowest BCUT2D eigenvalue weighted by atomic mass is 9.90. The minimum absolute atomic E-state index is 0.0722. The van der Waals surface area contributed by atoms with Crippen molar-refractivity contribution in [1.29, 1.82) is 0 Å². The molecule has 1 N–H and O–H groups in total. The van der Waals surface area contributed by atoms with Crippen LogP contribution in [0.2, 0.25) is 0 Å².